The molecule has 5 nitrogen and oxygen atoms in total. The molecule has 1 aliphatic carbocycles. The summed E-state index contributed by atoms with van der Waals surface area (Å²) in [4.78, 5) is 0. The van der Waals surface area contributed by atoms with Crippen LogP contribution in [-0.4, -0.2) is 54.9 Å². The fraction of sp³-hybridized carbons (Fsp3) is 0.700. The van der Waals surface area contributed by atoms with Crippen molar-refractivity contribution in [2.45, 2.75) is 56.2 Å². The molecule has 0 aromatic heterocycles. The maximum absolute atomic E-state index is 10.6. The number of epoxide rings is 2. The maximum atomic E-state index is 10.6. The molecule has 1 aromatic carbocycles. The van der Waals surface area contributed by atoms with Gasteiger partial charge in [0.1, 0.15) is 17.0 Å². The van der Waals surface area contributed by atoms with Gasteiger partial charge in [0.2, 0.25) is 0 Å². The van der Waals surface area contributed by atoms with Gasteiger partial charge in [0.25, 0.3) is 0 Å². The third-order valence-corrected chi connectivity index (χ3v) is 6.26. The first kappa shape index (κ1) is 17.3. The molecule has 1 N–H and O–H groups in total. The first-order chi connectivity index (χ1) is 12.0. The predicted molar refractivity (Wildman–Crippen MR) is 92.6 cm³/mol. The molecule has 7 atom stereocenters. The van der Waals surface area contributed by atoms with E-state index in [-0.39, 0.29) is 35.2 Å². The van der Waals surface area contributed by atoms with Crippen LogP contribution in [0.2, 0.25) is 0 Å². The van der Waals surface area contributed by atoms with Gasteiger partial charge in [0.15, 0.2) is 0 Å². The van der Waals surface area contributed by atoms with E-state index < -0.39 is 6.10 Å². The van der Waals surface area contributed by atoms with Crippen LogP contribution in [0, 0.1) is 11.8 Å². The van der Waals surface area contributed by atoms with Crippen molar-refractivity contribution in [3.63, 3.8) is 0 Å². The Bertz CT molecular complexity index is 601. The van der Waals surface area contributed by atoms with Crippen LogP contribution >= 0.6 is 0 Å². The molecular weight excluding hydrogens is 320 g/mol. The first-order valence-electron chi connectivity index (χ1n) is 9.21. The Hall–Kier alpha value is -1.14. The molecule has 25 heavy (non-hydrogen) atoms. The molecule has 138 valence electrons. The zero-order chi connectivity index (χ0) is 17.7. The van der Waals surface area contributed by atoms with E-state index in [1.54, 1.807) is 7.11 Å². The summed E-state index contributed by atoms with van der Waals surface area (Å²) in [5.41, 5.74) is -0.512. The van der Waals surface area contributed by atoms with Crippen LogP contribution in [0.25, 0.3) is 0 Å². The molecule has 2 aliphatic heterocycles. The van der Waals surface area contributed by atoms with Gasteiger partial charge in [0, 0.05) is 13.5 Å². The largest absolute Gasteiger partial charge is 0.493 e. The van der Waals surface area contributed by atoms with Crippen molar-refractivity contribution in [3.8, 4) is 5.75 Å². The Labute approximate surface area is 149 Å². The van der Waals surface area contributed by atoms with E-state index in [4.69, 9.17) is 18.9 Å². The van der Waals surface area contributed by atoms with E-state index in [0.29, 0.717) is 6.61 Å². The van der Waals surface area contributed by atoms with Crippen molar-refractivity contribution in [2.24, 2.45) is 11.8 Å². The summed E-state index contributed by atoms with van der Waals surface area (Å²) in [5, 5.41) is 10.6. The number of aliphatic hydroxyl groups is 1. The molecule has 0 amide bonds. The minimum Gasteiger partial charge on any atom is -0.493 e. The summed E-state index contributed by atoms with van der Waals surface area (Å²) in [6, 6.07) is 9.83. The highest BCUT2D eigenvalue weighted by atomic mass is 16.6. The predicted octanol–water partition coefficient (Wildman–Crippen LogP) is 2.41. The minimum atomic E-state index is -0.480. The van der Waals surface area contributed by atoms with Crippen LogP contribution in [0.1, 0.15) is 26.7 Å². The number of aliphatic hydroxyl groups excluding tert-OH is 1. The lowest BCUT2D eigenvalue weighted by molar-refractivity contribution is -0.137. The molecule has 5 heteroatoms. The zero-order valence-corrected chi connectivity index (χ0v) is 15.2. The lowest BCUT2D eigenvalue weighted by atomic mass is 9.65. The number of hydrogen-bond acceptors (Lipinski definition) is 5. The standard InChI is InChI=1S/C20H28O5/c1-13-11-20(12-24-20)18(17(22-3)16(13)21)19(2)15(25-19)9-10-23-14-7-5-4-6-8-14/h4-8,13,15-18,21H,9-12H2,1-3H3/t13-,15+,16+,17+,18+,19?,20-/m0/s1. The molecule has 1 saturated carbocycles. The molecule has 0 bridgehead atoms. The Morgan fingerprint density at radius 1 is 1.28 bits per heavy atom. The maximum Gasteiger partial charge on any atom is 0.119 e. The van der Waals surface area contributed by atoms with E-state index in [9.17, 15) is 5.11 Å². The van der Waals surface area contributed by atoms with Gasteiger partial charge in [-0.1, -0.05) is 25.1 Å². The minimum absolute atomic E-state index is 0.0536. The molecule has 1 aromatic rings. The van der Waals surface area contributed by atoms with Gasteiger partial charge >= 0.3 is 0 Å². The molecule has 1 unspecified atom stereocenters. The number of rotatable bonds is 6. The van der Waals surface area contributed by atoms with Crippen molar-refractivity contribution in [3.05, 3.63) is 30.3 Å². The lowest BCUT2D eigenvalue weighted by Gasteiger charge is -2.44. The summed E-state index contributed by atoms with van der Waals surface area (Å²) < 4.78 is 23.5. The van der Waals surface area contributed by atoms with Crippen LogP contribution in [0.4, 0.5) is 0 Å². The molecule has 4 rings (SSSR count). The zero-order valence-electron chi connectivity index (χ0n) is 15.2. The number of methoxy groups -OCH3 is 1. The second kappa shape index (κ2) is 6.23. The summed E-state index contributed by atoms with van der Waals surface area (Å²) >= 11 is 0. The highest BCUT2D eigenvalue weighted by molar-refractivity contribution is 5.22. The normalized spacial score (nSPS) is 45.4. The summed E-state index contributed by atoms with van der Waals surface area (Å²) in [6.07, 6.45) is 1.06. The molecule has 2 heterocycles. The topological polar surface area (TPSA) is 63.8 Å². The fourth-order valence-electron chi connectivity index (χ4n) is 4.82. The van der Waals surface area contributed by atoms with Crippen LogP contribution in [-0.2, 0) is 14.2 Å². The van der Waals surface area contributed by atoms with Crippen molar-refractivity contribution in [2.75, 3.05) is 20.3 Å². The van der Waals surface area contributed by atoms with Gasteiger partial charge in [0.05, 0.1) is 37.4 Å². The summed E-state index contributed by atoms with van der Waals surface area (Å²) in [6.45, 7) is 5.54. The number of ether oxygens (including phenoxy) is 4. The van der Waals surface area contributed by atoms with Gasteiger partial charge in [-0.3, -0.25) is 0 Å². The van der Waals surface area contributed by atoms with Gasteiger partial charge in [-0.25, -0.2) is 0 Å². The molecule has 2 saturated heterocycles. The number of benzene rings is 1. The Morgan fingerprint density at radius 2 is 2.00 bits per heavy atom. The molecule has 3 aliphatic rings. The quantitative estimate of drug-likeness (QED) is 0.800. The van der Waals surface area contributed by atoms with Crippen molar-refractivity contribution in [1.29, 1.82) is 0 Å². The molecule has 3 fully saturated rings. The Balaban J connectivity index is 1.40. The monoisotopic (exact) mass is 348 g/mol. The highest BCUT2D eigenvalue weighted by Crippen LogP contribution is 2.60. The second-order valence-electron chi connectivity index (χ2n) is 7.94. The van der Waals surface area contributed by atoms with Crippen molar-refractivity contribution >= 4 is 0 Å². The third kappa shape index (κ3) is 2.97. The number of para-hydroxylation sites is 1. The van der Waals surface area contributed by atoms with Gasteiger partial charge in [-0.05, 0) is 31.4 Å². The van der Waals surface area contributed by atoms with Crippen LogP contribution in [0.15, 0.2) is 30.3 Å². The van der Waals surface area contributed by atoms with E-state index in [1.807, 2.05) is 30.3 Å². The van der Waals surface area contributed by atoms with Crippen molar-refractivity contribution < 1.29 is 24.1 Å². The van der Waals surface area contributed by atoms with E-state index >= 15 is 0 Å². The van der Waals surface area contributed by atoms with Gasteiger partial charge in [-0.15, -0.1) is 0 Å². The summed E-state index contributed by atoms with van der Waals surface area (Å²) in [5.74, 6) is 1.10. The third-order valence-electron chi connectivity index (χ3n) is 6.26. The van der Waals surface area contributed by atoms with Crippen LogP contribution in [0.5, 0.6) is 5.75 Å². The van der Waals surface area contributed by atoms with E-state index in [1.165, 1.54) is 0 Å². The first-order valence-corrected chi connectivity index (χ1v) is 9.21. The van der Waals surface area contributed by atoms with E-state index in [0.717, 1.165) is 25.2 Å². The second-order valence-corrected chi connectivity index (χ2v) is 7.94. The average Bonchev–Trinajstić information content (AvgIpc) is 3.51. The highest BCUT2D eigenvalue weighted by Gasteiger charge is 2.72. The molecule has 1 spiro atoms. The molecule has 0 radical (unpaired) electrons. The lowest BCUT2D eigenvalue weighted by Crippen LogP contribution is -2.57. The molecular formula is C20H28O5. The SMILES string of the molecule is CO[C@@H]1[C@H](O)[C@@H](C)C[C@]2(CO2)[C@H]1C1(C)O[C@@H]1CCOc1ccccc1. The van der Waals surface area contributed by atoms with E-state index in [2.05, 4.69) is 13.8 Å². The van der Waals surface area contributed by atoms with Crippen LogP contribution < -0.4 is 4.74 Å². The Kier molecular flexibility index (Phi) is 4.31. The van der Waals surface area contributed by atoms with Crippen LogP contribution in [0.3, 0.4) is 0 Å². The fourth-order valence-corrected chi connectivity index (χ4v) is 4.82. The Morgan fingerprint density at radius 3 is 2.64 bits per heavy atom. The van der Waals surface area contributed by atoms with Gasteiger partial charge < -0.3 is 24.1 Å². The van der Waals surface area contributed by atoms with Gasteiger partial charge in [-0.2, -0.15) is 0 Å². The average molecular weight is 348 g/mol. The summed E-state index contributed by atoms with van der Waals surface area (Å²) in [7, 11) is 1.67. The smallest absolute Gasteiger partial charge is 0.119 e. The number of hydrogen-bond donors (Lipinski definition) is 1. The van der Waals surface area contributed by atoms with Crippen molar-refractivity contribution in [1.82, 2.24) is 0 Å².